The third-order valence-corrected chi connectivity index (χ3v) is 5.87. The van der Waals surface area contributed by atoms with Crippen LogP contribution in [0.1, 0.15) is 39.8 Å². The number of methoxy groups -OCH3 is 1. The molecule has 3 heterocycles. The highest BCUT2D eigenvalue weighted by atomic mass is 16.6. The third kappa shape index (κ3) is 6.92. The van der Waals surface area contributed by atoms with Crippen LogP contribution in [0.2, 0.25) is 0 Å². The van der Waals surface area contributed by atoms with E-state index in [1.165, 1.54) is 0 Å². The fourth-order valence-electron chi connectivity index (χ4n) is 4.18. The molecule has 33 heavy (non-hydrogen) atoms. The van der Waals surface area contributed by atoms with Gasteiger partial charge in [0.2, 0.25) is 5.95 Å². The Bertz CT molecular complexity index is 843. The zero-order valence-corrected chi connectivity index (χ0v) is 20.6. The summed E-state index contributed by atoms with van der Waals surface area (Å²) in [5.41, 5.74) is -0.155. The van der Waals surface area contributed by atoms with Gasteiger partial charge in [0.05, 0.1) is 6.61 Å². The van der Waals surface area contributed by atoms with Gasteiger partial charge in [-0.3, -0.25) is 4.90 Å². The summed E-state index contributed by atoms with van der Waals surface area (Å²) in [7, 11) is 1.73. The van der Waals surface area contributed by atoms with Crippen molar-refractivity contribution >= 4 is 17.9 Å². The Labute approximate surface area is 197 Å². The first-order chi connectivity index (χ1) is 15.7. The highest BCUT2D eigenvalue weighted by Gasteiger charge is 2.28. The number of ether oxygens (including phenoxy) is 2. The largest absolute Gasteiger partial charge is 0.444 e. The Balaban J connectivity index is 1.70. The van der Waals surface area contributed by atoms with E-state index < -0.39 is 5.60 Å². The Hall–Kier alpha value is -2.64. The van der Waals surface area contributed by atoms with Crippen LogP contribution in [0.15, 0.2) is 6.07 Å². The quantitative estimate of drug-likeness (QED) is 0.654. The molecule has 1 amide bonds. The first kappa shape index (κ1) is 25.0. The average Bonchev–Trinajstić information content (AvgIpc) is 2.97. The number of amides is 1. The van der Waals surface area contributed by atoms with Gasteiger partial charge in [-0.15, -0.1) is 0 Å². The van der Waals surface area contributed by atoms with Crippen LogP contribution in [0.3, 0.4) is 0 Å². The molecule has 0 saturated carbocycles. The zero-order chi connectivity index (χ0) is 24.0. The van der Waals surface area contributed by atoms with Crippen molar-refractivity contribution in [3.8, 4) is 6.07 Å². The fraction of sp³-hybridized carbons (Fsp3) is 0.739. The molecule has 0 radical (unpaired) electrons. The predicted molar refractivity (Wildman–Crippen MR) is 127 cm³/mol. The number of hydrogen-bond acceptors (Lipinski definition) is 9. The molecule has 1 atom stereocenters. The third-order valence-electron chi connectivity index (χ3n) is 5.87. The number of anilines is 2. The van der Waals surface area contributed by atoms with E-state index >= 15 is 0 Å². The minimum atomic E-state index is -0.513. The van der Waals surface area contributed by atoms with Gasteiger partial charge in [-0.1, -0.05) is 0 Å². The van der Waals surface area contributed by atoms with Gasteiger partial charge in [0.25, 0.3) is 0 Å². The summed E-state index contributed by atoms with van der Waals surface area (Å²) in [5, 5.41) is 9.60. The van der Waals surface area contributed by atoms with E-state index in [4.69, 9.17) is 14.5 Å². The molecular weight excluding hydrogens is 422 g/mol. The summed E-state index contributed by atoms with van der Waals surface area (Å²) >= 11 is 0. The van der Waals surface area contributed by atoms with Crippen LogP contribution in [0.25, 0.3) is 0 Å². The Morgan fingerprint density at radius 1 is 1.18 bits per heavy atom. The topological polar surface area (TPSA) is 98.1 Å². The fourth-order valence-corrected chi connectivity index (χ4v) is 4.18. The molecule has 0 spiro atoms. The van der Waals surface area contributed by atoms with Gasteiger partial charge >= 0.3 is 6.09 Å². The predicted octanol–water partition coefficient (Wildman–Crippen LogP) is 1.95. The summed E-state index contributed by atoms with van der Waals surface area (Å²) in [5.74, 6) is 1.33. The van der Waals surface area contributed by atoms with Crippen LogP contribution in [0, 0.1) is 11.3 Å². The summed E-state index contributed by atoms with van der Waals surface area (Å²) < 4.78 is 10.7. The van der Waals surface area contributed by atoms with Crippen molar-refractivity contribution in [2.24, 2.45) is 0 Å². The van der Waals surface area contributed by atoms with Crippen LogP contribution in [-0.2, 0) is 9.47 Å². The van der Waals surface area contributed by atoms with Crippen molar-refractivity contribution in [2.75, 3.05) is 75.9 Å². The zero-order valence-electron chi connectivity index (χ0n) is 20.6. The van der Waals surface area contributed by atoms with Crippen LogP contribution in [-0.4, -0.2) is 104 Å². The maximum atomic E-state index is 12.4. The van der Waals surface area contributed by atoms with Gasteiger partial charge in [-0.05, 0) is 40.7 Å². The molecule has 1 aromatic heterocycles. The highest BCUT2D eigenvalue weighted by Crippen LogP contribution is 2.23. The molecule has 0 N–H and O–H groups in total. The van der Waals surface area contributed by atoms with Crippen molar-refractivity contribution in [3.63, 3.8) is 0 Å². The molecule has 2 aliphatic heterocycles. The number of carbonyl (C=O) groups excluding carboxylic acids is 1. The molecule has 3 rings (SSSR count). The normalized spacial score (nSPS) is 20.4. The number of aromatic nitrogens is 2. The molecule has 2 aliphatic rings. The van der Waals surface area contributed by atoms with Crippen LogP contribution >= 0.6 is 0 Å². The average molecular weight is 460 g/mol. The minimum absolute atomic E-state index is 0.218. The molecule has 1 aromatic rings. The van der Waals surface area contributed by atoms with Gasteiger partial charge in [0.1, 0.15) is 23.2 Å². The van der Waals surface area contributed by atoms with E-state index in [0.717, 1.165) is 38.4 Å². The molecule has 182 valence electrons. The maximum absolute atomic E-state index is 12.4. The van der Waals surface area contributed by atoms with Crippen molar-refractivity contribution in [1.29, 1.82) is 5.26 Å². The van der Waals surface area contributed by atoms with E-state index in [-0.39, 0.29) is 12.1 Å². The van der Waals surface area contributed by atoms with Crippen molar-refractivity contribution < 1.29 is 14.3 Å². The minimum Gasteiger partial charge on any atom is -0.444 e. The molecule has 10 heteroatoms. The van der Waals surface area contributed by atoms with Crippen LogP contribution in [0.5, 0.6) is 0 Å². The Morgan fingerprint density at radius 2 is 1.91 bits per heavy atom. The first-order valence-corrected chi connectivity index (χ1v) is 11.7. The Morgan fingerprint density at radius 3 is 2.55 bits per heavy atom. The number of nitrogens with zero attached hydrogens (tertiary/aromatic N) is 7. The van der Waals surface area contributed by atoms with Gasteiger partial charge in [0, 0.05) is 65.0 Å². The SMILES string of the molecule is COCCN1CCCN(c2nc(C#N)cc(N3CCN(C(=O)OC(C)(C)C)CC3)n2)[C@@H](C)C1. The number of carbonyl (C=O) groups is 1. The van der Waals surface area contributed by atoms with Crippen LogP contribution in [0.4, 0.5) is 16.6 Å². The molecular formula is C23H37N7O3. The Kier molecular flexibility index (Phi) is 8.32. The molecule has 2 saturated heterocycles. The van der Waals surface area contributed by atoms with Crippen molar-refractivity contribution in [2.45, 2.75) is 45.8 Å². The van der Waals surface area contributed by atoms with Crippen molar-refractivity contribution in [3.05, 3.63) is 11.8 Å². The van der Waals surface area contributed by atoms with Gasteiger partial charge < -0.3 is 24.2 Å². The first-order valence-electron chi connectivity index (χ1n) is 11.7. The van der Waals surface area contributed by atoms with E-state index in [2.05, 4.69) is 32.7 Å². The summed E-state index contributed by atoms with van der Waals surface area (Å²) in [6, 6.07) is 4.14. The van der Waals surface area contributed by atoms with E-state index in [1.807, 2.05) is 20.8 Å². The molecule has 0 aliphatic carbocycles. The van der Waals surface area contributed by atoms with Crippen LogP contribution < -0.4 is 9.80 Å². The second-order valence-electron chi connectivity index (χ2n) is 9.67. The van der Waals surface area contributed by atoms with Gasteiger partial charge in [0.15, 0.2) is 0 Å². The number of rotatable bonds is 5. The molecule has 10 nitrogen and oxygen atoms in total. The molecule has 0 aromatic carbocycles. The monoisotopic (exact) mass is 459 g/mol. The second-order valence-corrected chi connectivity index (χ2v) is 9.67. The lowest BCUT2D eigenvalue weighted by Gasteiger charge is -2.36. The standard InChI is InChI=1S/C23H37N7O3/c1-18-17-27(13-14-32-5)7-6-8-30(18)21-25-19(16-24)15-20(26-21)28-9-11-29(12-10-28)22(31)33-23(2,3)4/h15,18H,6-14,17H2,1-5H3/t18-/m0/s1. The van der Waals surface area contributed by atoms with E-state index in [1.54, 1.807) is 18.1 Å². The molecule has 0 bridgehead atoms. The van der Waals surface area contributed by atoms with E-state index in [0.29, 0.717) is 44.4 Å². The van der Waals surface area contributed by atoms with Crippen molar-refractivity contribution in [1.82, 2.24) is 19.8 Å². The smallest absolute Gasteiger partial charge is 0.410 e. The summed E-state index contributed by atoms with van der Waals surface area (Å²) in [6.45, 7) is 14.5. The van der Waals surface area contributed by atoms with E-state index in [9.17, 15) is 10.1 Å². The lowest BCUT2D eigenvalue weighted by molar-refractivity contribution is 0.0240. The molecule has 0 unspecified atom stereocenters. The lowest BCUT2D eigenvalue weighted by Crippen LogP contribution is -2.50. The maximum Gasteiger partial charge on any atom is 0.410 e. The number of nitriles is 1. The summed E-state index contributed by atoms with van der Waals surface area (Å²) in [4.78, 5) is 30.2. The number of piperazine rings is 1. The van der Waals surface area contributed by atoms with Gasteiger partial charge in [-0.2, -0.15) is 10.2 Å². The second kappa shape index (κ2) is 11.0. The highest BCUT2D eigenvalue weighted by molar-refractivity contribution is 5.68. The van der Waals surface area contributed by atoms with Gasteiger partial charge in [-0.25, -0.2) is 9.78 Å². The lowest BCUT2D eigenvalue weighted by atomic mass is 10.2. The number of hydrogen-bond donors (Lipinski definition) is 0. The molecule has 2 fully saturated rings. The summed E-state index contributed by atoms with van der Waals surface area (Å²) in [6.07, 6.45) is 0.706.